The van der Waals surface area contributed by atoms with E-state index in [0.717, 1.165) is 30.5 Å². The second-order valence-electron chi connectivity index (χ2n) is 5.13. The summed E-state index contributed by atoms with van der Waals surface area (Å²) in [6.45, 7) is 0. The number of nitrogens with zero attached hydrogens (tertiary/aromatic N) is 1. The summed E-state index contributed by atoms with van der Waals surface area (Å²) in [5.74, 6) is 0.0530. The molecule has 20 heavy (non-hydrogen) atoms. The predicted octanol–water partition coefficient (Wildman–Crippen LogP) is 3.80. The van der Waals surface area contributed by atoms with Crippen molar-refractivity contribution in [2.24, 2.45) is 0 Å². The zero-order valence-corrected chi connectivity index (χ0v) is 11.7. The summed E-state index contributed by atoms with van der Waals surface area (Å²) in [5.41, 5.74) is 1.42. The molecule has 1 N–H and O–H groups in total. The van der Waals surface area contributed by atoms with E-state index < -0.39 is 5.41 Å². The van der Waals surface area contributed by atoms with Crippen LogP contribution in [-0.2, 0) is 10.2 Å². The fraction of sp³-hybridized carbons (Fsp3) is 0.250. The Balaban J connectivity index is 1.85. The Kier molecular flexibility index (Phi) is 3.45. The van der Waals surface area contributed by atoms with Crippen molar-refractivity contribution < 1.29 is 4.79 Å². The summed E-state index contributed by atoms with van der Waals surface area (Å²) < 4.78 is 0. The number of pyridine rings is 1. The summed E-state index contributed by atoms with van der Waals surface area (Å²) in [6, 6.07) is 11.2. The smallest absolute Gasteiger partial charge is 0.235 e. The van der Waals surface area contributed by atoms with E-state index >= 15 is 0 Å². The van der Waals surface area contributed by atoms with Crippen LogP contribution in [0.4, 0.5) is 5.69 Å². The van der Waals surface area contributed by atoms with Gasteiger partial charge in [0.15, 0.2) is 0 Å². The van der Waals surface area contributed by atoms with Crippen LogP contribution in [0.25, 0.3) is 0 Å². The molecule has 1 fully saturated rings. The van der Waals surface area contributed by atoms with E-state index in [1.165, 1.54) is 0 Å². The molecule has 2 aromatic rings. The number of aromatic nitrogens is 1. The van der Waals surface area contributed by atoms with Gasteiger partial charge in [-0.3, -0.25) is 9.78 Å². The molecule has 3 nitrogen and oxygen atoms in total. The molecule has 0 bridgehead atoms. The molecular formula is C16H15ClN2O. The second kappa shape index (κ2) is 5.25. The fourth-order valence-corrected chi connectivity index (χ4v) is 2.76. The zero-order chi connectivity index (χ0) is 14.0. The minimum Gasteiger partial charge on any atom is -0.325 e. The quantitative estimate of drug-likeness (QED) is 0.932. The molecule has 0 radical (unpaired) electrons. The molecule has 4 heteroatoms. The molecule has 102 valence electrons. The van der Waals surface area contributed by atoms with E-state index in [9.17, 15) is 4.79 Å². The Morgan fingerprint density at radius 2 is 1.75 bits per heavy atom. The van der Waals surface area contributed by atoms with E-state index in [1.807, 2.05) is 24.3 Å². The Morgan fingerprint density at radius 1 is 1.10 bits per heavy atom. The number of hydrogen-bond donors (Lipinski definition) is 1. The van der Waals surface area contributed by atoms with E-state index in [2.05, 4.69) is 10.3 Å². The third-order valence-corrected chi connectivity index (χ3v) is 4.23. The molecule has 1 aromatic heterocycles. The Labute approximate surface area is 123 Å². The van der Waals surface area contributed by atoms with Crippen molar-refractivity contribution in [3.05, 3.63) is 59.4 Å². The Hall–Kier alpha value is -1.87. The number of carbonyl (C=O) groups is 1. The van der Waals surface area contributed by atoms with Crippen LogP contribution in [0.5, 0.6) is 0 Å². The Bertz CT molecular complexity index is 606. The van der Waals surface area contributed by atoms with E-state index in [4.69, 9.17) is 11.6 Å². The van der Waals surface area contributed by atoms with Crippen LogP contribution in [0.15, 0.2) is 48.8 Å². The number of benzene rings is 1. The molecule has 0 atom stereocenters. The van der Waals surface area contributed by atoms with Crippen molar-refractivity contribution in [2.75, 3.05) is 5.32 Å². The average molecular weight is 287 g/mol. The Morgan fingerprint density at radius 3 is 2.30 bits per heavy atom. The molecule has 1 amide bonds. The molecule has 0 spiro atoms. The zero-order valence-electron chi connectivity index (χ0n) is 11.0. The highest BCUT2D eigenvalue weighted by Gasteiger charge is 2.45. The number of carbonyl (C=O) groups excluding carboxylic acids is 1. The van der Waals surface area contributed by atoms with Crippen molar-refractivity contribution in [3.8, 4) is 0 Å². The monoisotopic (exact) mass is 286 g/mol. The number of anilines is 1. The lowest BCUT2D eigenvalue weighted by molar-refractivity contribution is -0.124. The van der Waals surface area contributed by atoms with Crippen molar-refractivity contribution in [1.82, 2.24) is 4.98 Å². The van der Waals surface area contributed by atoms with Gasteiger partial charge in [-0.05, 0) is 42.7 Å². The van der Waals surface area contributed by atoms with Gasteiger partial charge < -0.3 is 5.32 Å². The minimum absolute atomic E-state index is 0.0530. The van der Waals surface area contributed by atoms with E-state index in [0.29, 0.717) is 5.02 Å². The highest BCUT2D eigenvalue weighted by Crippen LogP contribution is 2.44. The minimum atomic E-state index is -0.409. The molecule has 0 aliphatic heterocycles. The number of nitrogens with one attached hydrogen (secondary N) is 1. The van der Waals surface area contributed by atoms with Gasteiger partial charge in [-0.1, -0.05) is 30.2 Å². The van der Waals surface area contributed by atoms with Crippen LogP contribution in [0.2, 0.25) is 5.02 Å². The van der Waals surface area contributed by atoms with Crippen molar-refractivity contribution in [3.63, 3.8) is 0 Å². The topological polar surface area (TPSA) is 42.0 Å². The number of amides is 1. The number of halogens is 1. The highest BCUT2D eigenvalue weighted by atomic mass is 35.5. The summed E-state index contributed by atoms with van der Waals surface area (Å²) in [4.78, 5) is 16.6. The molecule has 1 saturated carbocycles. The normalized spacial score (nSPS) is 16.2. The highest BCUT2D eigenvalue weighted by molar-refractivity contribution is 6.30. The van der Waals surface area contributed by atoms with Gasteiger partial charge in [-0.25, -0.2) is 0 Å². The summed E-state index contributed by atoms with van der Waals surface area (Å²) >= 11 is 5.92. The maximum Gasteiger partial charge on any atom is 0.235 e. The molecular weight excluding hydrogens is 272 g/mol. The van der Waals surface area contributed by atoms with Gasteiger partial charge in [0.2, 0.25) is 5.91 Å². The third kappa shape index (κ3) is 2.29. The molecule has 1 aromatic carbocycles. The summed E-state index contributed by atoms with van der Waals surface area (Å²) in [7, 11) is 0. The van der Waals surface area contributed by atoms with E-state index in [1.54, 1.807) is 24.5 Å². The average Bonchev–Trinajstić information content (AvgIpc) is 2.41. The van der Waals surface area contributed by atoms with Crippen LogP contribution < -0.4 is 5.32 Å². The SMILES string of the molecule is O=C(Nc1ccncc1)C1(c2ccc(Cl)cc2)CCC1. The molecule has 0 unspecified atom stereocenters. The van der Waals surface area contributed by atoms with Crippen molar-refractivity contribution in [1.29, 1.82) is 0 Å². The third-order valence-electron chi connectivity index (χ3n) is 3.98. The first kappa shape index (κ1) is 13.1. The lowest BCUT2D eigenvalue weighted by Gasteiger charge is -2.40. The first-order valence-electron chi connectivity index (χ1n) is 6.68. The van der Waals surface area contributed by atoms with Gasteiger partial charge in [0, 0.05) is 23.1 Å². The predicted molar refractivity (Wildman–Crippen MR) is 79.8 cm³/mol. The summed E-state index contributed by atoms with van der Waals surface area (Å²) in [5, 5.41) is 3.68. The van der Waals surface area contributed by atoms with Crippen molar-refractivity contribution in [2.45, 2.75) is 24.7 Å². The van der Waals surface area contributed by atoms with Gasteiger partial charge in [0.1, 0.15) is 0 Å². The molecule has 1 aliphatic carbocycles. The lowest BCUT2D eigenvalue weighted by Crippen LogP contribution is -2.45. The summed E-state index contributed by atoms with van der Waals surface area (Å²) in [6.07, 6.45) is 6.18. The standard InChI is InChI=1S/C16H15ClN2O/c17-13-4-2-12(3-5-13)16(8-1-9-16)15(20)19-14-6-10-18-11-7-14/h2-7,10-11H,1,8-9H2,(H,18,19,20). The first-order chi connectivity index (χ1) is 9.71. The number of hydrogen-bond acceptors (Lipinski definition) is 2. The lowest BCUT2D eigenvalue weighted by atomic mass is 9.64. The maximum absolute atomic E-state index is 12.6. The van der Waals surface area contributed by atoms with Crippen LogP contribution >= 0.6 is 11.6 Å². The van der Waals surface area contributed by atoms with Gasteiger partial charge in [0.05, 0.1) is 5.41 Å². The largest absolute Gasteiger partial charge is 0.325 e. The van der Waals surface area contributed by atoms with Crippen LogP contribution in [0.1, 0.15) is 24.8 Å². The van der Waals surface area contributed by atoms with Gasteiger partial charge in [0.25, 0.3) is 0 Å². The fourth-order valence-electron chi connectivity index (χ4n) is 2.63. The van der Waals surface area contributed by atoms with Gasteiger partial charge in [-0.15, -0.1) is 0 Å². The first-order valence-corrected chi connectivity index (χ1v) is 7.06. The second-order valence-corrected chi connectivity index (χ2v) is 5.57. The molecule has 1 aliphatic rings. The molecule has 0 saturated heterocycles. The van der Waals surface area contributed by atoms with E-state index in [-0.39, 0.29) is 5.91 Å². The van der Waals surface area contributed by atoms with Crippen LogP contribution in [0.3, 0.4) is 0 Å². The van der Waals surface area contributed by atoms with Crippen molar-refractivity contribution >= 4 is 23.2 Å². The van der Waals surface area contributed by atoms with Gasteiger partial charge in [-0.2, -0.15) is 0 Å². The number of rotatable bonds is 3. The maximum atomic E-state index is 12.6. The molecule has 1 heterocycles. The molecule has 3 rings (SSSR count). The van der Waals surface area contributed by atoms with Crippen LogP contribution in [-0.4, -0.2) is 10.9 Å². The van der Waals surface area contributed by atoms with Gasteiger partial charge >= 0.3 is 0 Å². The van der Waals surface area contributed by atoms with Crippen LogP contribution in [0, 0.1) is 0 Å².